The summed E-state index contributed by atoms with van der Waals surface area (Å²) in [5.74, 6) is 0. The first-order valence-corrected chi connectivity index (χ1v) is 0. The van der Waals surface area contributed by atoms with Crippen molar-refractivity contribution in [2.45, 2.75) is 0 Å². The molecule has 0 bridgehead atoms. The first kappa shape index (κ1) is 41.8. The topological polar surface area (TPSA) is 0 Å². The van der Waals surface area contributed by atoms with E-state index in [2.05, 4.69) is 0 Å². The van der Waals surface area contributed by atoms with Crippen LogP contribution in [-0.4, -0.2) is 68.9 Å². The van der Waals surface area contributed by atoms with Gasteiger partial charge in [-0.3, -0.25) is 0 Å². The van der Waals surface area contributed by atoms with E-state index in [1.165, 1.54) is 0 Å². The maximum atomic E-state index is 0. The number of rotatable bonds is 0. The minimum absolute atomic E-state index is 0. The van der Waals surface area contributed by atoms with Gasteiger partial charge in [-0.1, -0.05) is 0 Å². The Balaban J connectivity index is 0. The van der Waals surface area contributed by atoms with Crippen molar-refractivity contribution in [3.8, 4) is 0 Å². The average Bonchev–Trinajstić information content (AvgIpc) is 0. The average molecular weight is 348 g/mol. The fourth-order valence-electron chi connectivity index (χ4n) is 0. The van der Waals surface area contributed by atoms with Crippen LogP contribution in [0.25, 0.3) is 0 Å². The van der Waals surface area contributed by atoms with Crippen LogP contribution in [0.4, 0.5) is 0 Å². The Labute approximate surface area is 119 Å². The normalized spacial score (nSPS) is 0. The second-order valence-electron chi connectivity index (χ2n) is 0. The fourth-order valence-corrected chi connectivity index (χ4v) is 0. The van der Waals surface area contributed by atoms with E-state index in [-0.39, 0.29) is 123 Å². The first-order chi connectivity index (χ1) is 0. The third-order valence-electron chi connectivity index (χ3n) is 0. The van der Waals surface area contributed by atoms with Gasteiger partial charge in [-0.2, -0.15) is 0 Å². The van der Waals surface area contributed by atoms with Crippen molar-refractivity contribution in [3.63, 3.8) is 0 Å². The molecule has 1 radical (unpaired) electrons. The minimum atomic E-state index is 0. The van der Waals surface area contributed by atoms with Gasteiger partial charge in [-0.25, -0.2) is 0 Å². The third kappa shape index (κ3) is 19.1. The van der Waals surface area contributed by atoms with Gasteiger partial charge in [0.05, 0.1) is 0 Å². The molecule has 0 rings (SSSR count). The SMILES string of the molecule is [CsH].[F-].[F-].[F-].[Gd+3]. The van der Waals surface area contributed by atoms with E-state index in [0.29, 0.717) is 0 Å². The summed E-state index contributed by atoms with van der Waals surface area (Å²) >= 11 is 0. The van der Waals surface area contributed by atoms with Crippen molar-refractivity contribution in [3.05, 3.63) is 0 Å². The van der Waals surface area contributed by atoms with Crippen molar-refractivity contribution in [2.75, 3.05) is 0 Å². The van der Waals surface area contributed by atoms with Crippen LogP contribution < -0.4 is 14.1 Å². The van der Waals surface area contributed by atoms with Crippen LogP contribution in [0.15, 0.2) is 0 Å². The molecule has 0 saturated heterocycles. The molecule has 5 heavy (non-hydrogen) atoms. The van der Waals surface area contributed by atoms with Gasteiger partial charge in [0.15, 0.2) is 0 Å². The second-order valence-corrected chi connectivity index (χ2v) is 0. The Morgan fingerprint density at radius 1 is 0.600 bits per heavy atom. The fraction of sp³-hybridized carbons (Fsp3) is 0. The molecular weight excluding hydrogens is 347 g/mol. The number of hydrogen-bond donors (Lipinski definition) is 0. The van der Waals surface area contributed by atoms with Gasteiger partial charge >= 0.3 is 109 Å². The van der Waals surface area contributed by atoms with Gasteiger partial charge in [0.1, 0.15) is 0 Å². The van der Waals surface area contributed by atoms with E-state index in [1.54, 1.807) is 0 Å². The van der Waals surface area contributed by atoms with Crippen LogP contribution in [0.2, 0.25) is 0 Å². The summed E-state index contributed by atoms with van der Waals surface area (Å²) in [4.78, 5) is 0. The summed E-state index contributed by atoms with van der Waals surface area (Å²) in [7, 11) is 0. The number of hydrogen-bond acceptors (Lipinski definition) is 0. The summed E-state index contributed by atoms with van der Waals surface area (Å²) in [5, 5.41) is 0. The van der Waals surface area contributed by atoms with E-state index in [4.69, 9.17) is 0 Å². The van der Waals surface area contributed by atoms with Crippen LogP contribution in [-0.2, 0) is 0 Å². The second kappa shape index (κ2) is 27.2. The van der Waals surface area contributed by atoms with Gasteiger partial charge in [-0.15, -0.1) is 0 Å². The molecule has 0 nitrogen and oxygen atoms in total. The standard InChI is InChI=1S/Cs.3FH.Gd.H/h;3*1H;;/q;;;;+3;/p-3. The van der Waals surface area contributed by atoms with Crippen molar-refractivity contribution < 1.29 is 54.1 Å². The molecule has 0 unspecified atom stereocenters. The van der Waals surface area contributed by atoms with Gasteiger partial charge < -0.3 is 14.1 Å². The van der Waals surface area contributed by atoms with Gasteiger partial charge in [-0.05, 0) is 0 Å². The van der Waals surface area contributed by atoms with E-state index in [9.17, 15) is 0 Å². The zero-order valence-electron chi connectivity index (χ0n) is 1.49. The van der Waals surface area contributed by atoms with Crippen LogP contribution in [0.3, 0.4) is 0 Å². The Kier molecular flexibility index (Phi) is 227. The molecule has 0 spiro atoms. The quantitative estimate of drug-likeness (QED) is 0.408. The molecule has 0 atom stereocenters. The summed E-state index contributed by atoms with van der Waals surface area (Å²) in [6, 6.07) is 0. The van der Waals surface area contributed by atoms with Crippen molar-refractivity contribution >= 4 is 68.9 Å². The van der Waals surface area contributed by atoms with E-state index >= 15 is 0 Å². The van der Waals surface area contributed by atoms with Crippen LogP contribution in [0.5, 0.6) is 0 Å². The smallest absolute Gasteiger partial charge is 1.00 e. The first-order valence-electron chi connectivity index (χ1n) is 0. The minimum Gasteiger partial charge on any atom is -1.00 e. The molecule has 0 aliphatic heterocycles. The molecule has 0 fully saturated rings. The molecular formula is HCsF3Gd. The van der Waals surface area contributed by atoms with Crippen LogP contribution in [0, 0.1) is 39.9 Å². The number of halogens is 3. The third-order valence-corrected chi connectivity index (χ3v) is 0. The molecule has 0 aromatic rings. The van der Waals surface area contributed by atoms with Gasteiger partial charge in [0.25, 0.3) is 0 Å². The maximum absolute atomic E-state index is 0. The molecule has 0 heterocycles. The summed E-state index contributed by atoms with van der Waals surface area (Å²) < 4.78 is 0. The zero-order chi connectivity index (χ0) is 0. The largest absolute Gasteiger partial charge is 3.00 e. The summed E-state index contributed by atoms with van der Waals surface area (Å²) in [6.45, 7) is 0. The van der Waals surface area contributed by atoms with Crippen LogP contribution in [0.1, 0.15) is 0 Å². The molecule has 0 aliphatic rings. The molecule has 5 heteroatoms. The van der Waals surface area contributed by atoms with Crippen LogP contribution >= 0.6 is 0 Å². The Bertz CT molecular complexity index is 6.85. The predicted octanol–water partition coefficient (Wildman–Crippen LogP) is -9.64. The Morgan fingerprint density at radius 2 is 0.600 bits per heavy atom. The molecule has 0 amide bonds. The zero-order valence-corrected chi connectivity index (χ0v) is 3.76. The molecule has 0 aliphatic carbocycles. The van der Waals surface area contributed by atoms with Crippen molar-refractivity contribution in [1.82, 2.24) is 0 Å². The van der Waals surface area contributed by atoms with Gasteiger partial charge in [0, 0.05) is 0 Å². The van der Waals surface area contributed by atoms with Gasteiger partial charge in [0.2, 0.25) is 0 Å². The van der Waals surface area contributed by atoms with Crippen molar-refractivity contribution in [1.29, 1.82) is 0 Å². The Morgan fingerprint density at radius 3 is 0.600 bits per heavy atom. The molecule has 0 N–H and O–H groups in total. The predicted molar refractivity (Wildman–Crippen MR) is 7.15 cm³/mol. The molecule has 0 saturated carbocycles. The van der Waals surface area contributed by atoms with Crippen molar-refractivity contribution in [2.24, 2.45) is 0 Å². The maximum Gasteiger partial charge on any atom is 3.00 e. The molecule has 0 aromatic heterocycles. The van der Waals surface area contributed by atoms with E-state index in [1.807, 2.05) is 0 Å². The molecule has 31 valence electrons. The summed E-state index contributed by atoms with van der Waals surface area (Å²) in [5.41, 5.74) is 0. The molecule has 0 aromatic carbocycles. The Hall–Kier alpha value is 3.17. The summed E-state index contributed by atoms with van der Waals surface area (Å²) in [6.07, 6.45) is 0. The van der Waals surface area contributed by atoms with E-state index < -0.39 is 0 Å². The monoisotopic (exact) mass is 349 g/mol. The van der Waals surface area contributed by atoms with E-state index in [0.717, 1.165) is 0 Å².